The fourth-order valence-corrected chi connectivity index (χ4v) is 5.82. The molecule has 1 aliphatic heterocycles. The average molecular weight is 487 g/mol. The molecule has 2 unspecified atom stereocenters. The second kappa shape index (κ2) is 10.2. The summed E-state index contributed by atoms with van der Waals surface area (Å²) in [5.41, 5.74) is 3.01. The van der Waals surface area contributed by atoms with Gasteiger partial charge in [0.1, 0.15) is 0 Å². The van der Waals surface area contributed by atoms with Crippen LogP contribution in [0.3, 0.4) is 0 Å². The second-order valence-electron chi connectivity index (χ2n) is 8.69. The SMILES string of the molecule is Cc1ccc(S(=O)(=O)N2CCOCC2)cc1C(=O)OC(C)C(=O)NC1CCCc2ccccc21. The summed E-state index contributed by atoms with van der Waals surface area (Å²) in [6, 6.07) is 12.3. The van der Waals surface area contributed by atoms with E-state index < -0.39 is 22.1 Å². The van der Waals surface area contributed by atoms with Gasteiger partial charge in [0.2, 0.25) is 10.0 Å². The van der Waals surface area contributed by atoms with Crippen molar-refractivity contribution in [2.45, 2.75) is 50.2 Å². The number of esters is 1. The molecule has 0 saturated carbocycles. The van der Waals surface area contributed by atoms with Gasteiger partial charge in [-0.15, -0.1) is 0 Å². The van der Waals surface area contributed by atoms with Crippen molar-refractivity contribution in [1.29, 1.82) is 0 Å². The molecule has 0 spiro atoms. The van der Waals surface area contributed by atoms with Crippen molar-refractivity contribution < 1.29 is 27.5 Å². The lowest BCUT2D eigenvalue weighted by Crippen LogP contribution is -2.40. The number of morpholine rings is 1. The first kappa shape index (κ1) is 24.4. The highest BCUT2D eigenvalue weighted by Crippen LogP contribution is 2.29. The molecule has 2 aromatic carbocycles. The van der Waals surface area contributed by atoms with E-state index in [2.05, 4.69) is 11.4 Å². The fourth-order valence-electron chi connectivity index (χ4n) is 4.39. The lowest BCUT2D eigenvalue weighted by Gasteiger charge is -2.27. The van der Waals surface area contributed by atoms with Crippen molar-refractivity contribution in [3.05, 3.63) is 64.7 Å². The smallest absolute Gasteiger partial charge is 0.339 e. The largest absolute Gasteiger partial charge is 0.449 e. The Morgan fingerprint density at radius 1 is 1.15 bits per heavy atom. The fraction of sp³-hybridized carbons (Fsp3) is 0.440. The minimum absolute atomic E-state index is 0.0165. The van der Waals surface area contributed by atoms with Gasteiger partial charge in [0.05, 0.1) is 29.7 Å². The van der Waals surface area contributed by atoms with Crippen LogP contribution in [0.4, 0.5) is 0 Å². The van der Waals surface area contributed by atoms with Gasteiger partial charge >= 0.3 is 5.97 Å². The van der Waals surface area contributed by atoms with Crippen LogP contribution in [0, 0.1) is 6.92 Å². The number of fused-ring (bicyclic) bond motifs is 1. The maximum absolute atomic E-state index is 13.0. The van der Waals surface area contributed by atoms with Gasteiger partial charge in [0, 0.05) is 13.1 Å². The molecule has 0 aromatic heterocycles. The Hall–Kier alpha value is -2.75. The number of carbonyl (C=O) groups is 2. The number of rotatable bonds is 6. The van der Waals surface area contributed by atoms with Crippen molar-refractivity contribution in [3.63, 3.8) is 0 Å². The first-order valence-corrected chi connectivity index (χ1v) is 13.0. The Bertz CT molecular complexity index is 1170. The van der Waals surface area contributed by atoms with Crippen molar-refractivity contribution in [1.82, 2.24) is 9.62 Å². The Kier molecular flexibility index (Phi) is 7.35. The topological polar surface area (TPSA) is 102 Å². The highest BCUT2D eigenvalue weighted by Gasteiger charge is 2.29. The summed E-state index contributed by atoms with van der Waals surface area (Å²) >= 11 is 0. The zero-order valence-corrected chi connectivity index (χ0v) is 20.3. The quantitative estimate of drug-likeness (QED) is 0.630. The number of ether oxygens (including phenoxy) is 2. The number of sulfonamides is 1. The van der Waals surface area contributed by atoms with E-state index in [0.717, 1.165) is 24.8 Å². The number of benzene rings is 2. The zero-order chi connectivity index (χ0) is 24.3. The van der Waals surface area contributed by atoms with Crippen molar-refractivity contribution in [2.75, 3.05) is 26.3 Å². The number of hydrogen-bond acceptors (Lipinski definition) is 6. The normalized spacial score (nSPS) is 19.6. The van der Waals surface area contributed by atoms with Gasteiger partial charge in [-0.3, -0.25) is 4.79 Å². The number of nitrogens with zero attached hydrogens (tertiary/aromatic N) is 1. The molecule has 9 heteroatoms. The Labute approximate surface area is 200 Å². The number of amides is 1. The molecular weight excluding hydrogens is 456 g/mol. The maximum Gasteiger partial charge on any atom is 0.339 e. The Balaban J connectivity index is 1.45. The van der Waals surface area contributed by atoms with E-state index in [-0.39, 0.29) is 35.5 Å². The van der Waals surface area contributed by atoms with E-state index in [1.165, 1.54) is 28.9 Å². The first-order valence-electron chi connectivity index (χ1n) is 11.5. The van der Waals surface area contributed by atoms with E-state index in [9.17, 15) is 18.0 Å². The van der Waals surface area contributed by atoms with E-state index in [0.29, 0.717) is 18.8 Å². The van der Waals surface area contributed by atoms with Crippen LogP contribution in [0.2, 0.25) is 0 Å². The van der Waals surface area contributed by atoms with E-state index in [4.69, 9.17) is 9.47 Å². The minimum Gasteiger partial charge on any atom is -0.449 e. The lowest BCUT2D eigenvalue weighted by molar-refractivity contribution is -0.130. The van der Waals surface area contributed by atoms with Crippen LogP contribution in [0.25, 0.3) is 0 Å². The van der Waals surface area contributed by atoms with Crippen LogP contribution in [0.1, 0.15) is 52.9 Å². The molecule has 0 radical (unpaired) electrons. The molecule has 1 heterocycles. The standard InChI is InChI=1S/C25H30N2O6S/c1-17-10-11-20(34(30,31)27-12-14-32-15-13-27)16-22(17)25(29)33-18(2)24(28)26-23-9-5-7-19-6-3-4-8-21(19)23/h3-4,6,8,10-11,16,18,23H,5,7,9,12-15H2,1-2H3,(H,26,28). The van der Waals surface area contributed by atoms with Gasteiger partial charge in [-0.2, -0.15) is 4.31 Å². The Morgan fingerprint density at radius 2 is 1.88 bits per heavy atom. The van der Waals surface area contributed by atoms with Gasteiger partial charge < -0.3 is 14.8 Å². The molecule has 1 amide bonds. The number of hydrogen-bond donors (Lipinski definition) is 1. The predicted octanol–water partition coefficient (Wildman–Crippen LogP) is 2.76. The van der Waals surface area contributed by atoms with Gasteiger partial charge in [-0.05, 0) is 61.9 Å². The van der Waals surface area contributed by atoms with Crippen molar-refractivity contribution in [2.24, 2.45) is 0 Å². The number of carbonyl (C=O) groups excluding carboxylic acids is 2. The van der Waals surface area contributed by atoms with Crippen molar-refractivity contribution in [3.8, 4) is 0 Å². The molecule has 4 rings (SSSR count). The van der Waals surface area contributed by atoms with E-state index in [1.54, 1.807) is 13.0 Å². The third-order valence-electron chi connectivity index (χ3n) is 6.38. The van der Waals surface area contributed by atoms with Gasteiger partial charge in [0.15, 0.2) is 6.10 Å². The van der Waals surface area contributed by atoms with Gasteiger partial charge in [-0.1, -0.05) is 30.3 Å². The summed E-state index contributed by atoms with van der Waals surface area (Å²) in [5, 5.41) is 2.99. The molecule has 1 fully saturated rings. The molecule has 2 atom stereocenters. The highest BCUT2D eigenvalue weighted by molar-refractivity contribution is 7.89. The van der Waals surface area contributed by atoms with Crippen LogP contribution >= 0.6 is 0 Å². The van der Waals surface area contributed by atoms with E-state index in [1.807, 2.05) is 18.2 Å². The van der Waals surface area contributed by atoms with Crippen LogP contribution in [0.15, 0.2) is 47.4 Å². The monoisotopic (exact) mass is 486 g/mol. The molecule has 34 heavy (non-hydrogen) atoms. The third-order valence-corrected chi connectivity index (χ3v) is 8.27. The minimum atomic E-state index is -3.76. The van der Waals surface area contributed by atoms with Crippen LogP contribution in [0.5, 0.6) is 0 Å². The first-order chi connectivity index (χ1) is 16.3. The van der Waals surface area contributed by atoms with Crippen LogP contribution < -0.4 is 5.32 Å². The highest BCUT2D eigenvalue weighted by atomic mass is 32.2. The summed E-state index contributed by atoms with van der Waals surface area (Å²) in [4.78, 5) is 25.7. The molecule has 1 aliphatic carbocycles. The van der Waals surface area contributed by atoms with Gasteiger partial charge in [0.25, 0.3) is 5.91 Å². The van der Waals surface area contributed by atoms with Crippen LogP contribution in [-0.2, 0) is 30.7 Å². The number of nitrogens with one attached hydrogen (secondary N) is 1. The van der Waals surface area contributed by atoms with Crippen LogP contribution in [-0.4, -0.2) is 57.0 Å². The molecule has 1 N–H and O–H groups in total. The molecule has 2 aliphatic rings. The third kappa shape index (κ3) is 5.16. The molecule has 2 aromatic rings. The van der Waals surface area contributed by atoms with Gasteiger partial charge in [-0.25, -0.2) is 13.2 Å². The molecule has 1 saturated heterocycles. The molecule has 8 nitrogen and oxygen atoms in total. The summed E-state index contributed by atoms with van der Waals surface area (Å²) in [6.45, 7) is 4.40. The number of aryl methyl sites for hydroxylation is 2. The summed E-state index contributed by atoms with van der Waals surface area (Å²) in [6.07, 6.45) is 1.75. The summed E-state index contributed by atoms with van der Waals surface area (Å²) < 4.78 is 38.0. The van der Waals surface area contributed by atoms with E-state index >= 15 is 0 Å². The summed E-state index contributed by atoms with van der Waals surface area (Å²) in [7, 11) is -3.76. The van der Waals surface area contributed by atoms with Crippen molar-refractivity contribution >= 4 is 21.9 Å². The second-order valence-corrected chi connectivity index (χ2v) is 10.6. The lowest BCUT2D eigenvalue weighted by atomic mass is 9.87. The summed E-state index contributed by atoms with van der Waals surface area (Å²) in [5.74, 6) is -1.12. The molecule has 182 valence electrons. The Morgan fingerprint density at radius 3 is 2.65 bits per heavy atom. The molecular formula is C25H30N2O6S. The maximum atomic E-state index is 13.0. The predicted molar refractivity (Wildman–Crippen MR) is 126 cm³/mol. The zero-order valence-electron chi connectivity index (χ0n) is 19.5. The molecule has 0 bridgehead atoms. The average Bonchev–Trinajstić information content (AvgIpc) is 2.84.